The number of aryl methyl sites for hydroxylation is 2. The van der Waals surface area contributed by atoms with Gasteiger partial charge in [-0.05, 0) is 38.2 Å². The zero-order valence-electron chi connectivity index (χ0n) is 12.3. The molecule has 1 aliphatic rings. The molecule has 0 fully saturated rings. The highest BCUT2D eigenvalue weighted by Crippen LogP contribution is 2.40. The van der Waals surface area contributed by atoms with Gasteiger partial charge in [-0.2, -0.15) is 0 Å². The van der Waals surface area contributed by atoms with Crippen molar-refractivity contribution in [2.75, 3.05) is 6.54 Å². The maximum Gasteiger partial charge on any atom is 0.233 e. The lowest BCUT2D eigenvalue weighted by atomic mass is 10.2. The molecule has 6 heteroatoms. The van der Waals surface area contributed by atoms with E-state index >= 15 is 0 Å². The molecule has 0 unspecified atom stereocenters. The van der Waals surface area contributed by atoms with Gasteiger partial charge >= 0.3 is 0 Å². The summed E-state index contributed by atoms with van der Waals surface area (Å²) < 4.78 is 0. The number of nitrogens with one attached hydrogen (secondary N) is 1. The van der Waals surface area contributed by atoms with Crippen LogP contribution in [-0.4, -0.2) is 27.7 Å². The Balaban J connectivity index is 1.85. The van der Waals surface area contributed by atoms with Crippen LogP contribution in [0.2, 0.25) is 0 Å². The molecule has 1 atom stereocenters. The van der Waals surface area contributed by atoms with Crippen LogP contribution in [0.1, 0.15) is 37.1 Å². The summed E-state index contributed by atoms with van der Waals surface area (Å²) in [6, 6.07) is 0. The first-order valence-corrected chi connectivity index (χ1v) is 9.10. The smallest absolute Gasteiger partial charge is 0.233 e. The zero-order valence-corrected chi connectivity index (χ0v) is 13.9. The van der Waals surface area contributed by atoms with Crippen LogP contribution in [0.15, 0.2) is 11.4 Å². The Morgan fingerprint density at radius 2 is 2.33 bits per heavy atom. The molecular weight excluding hydrogens is 302 g/mol. The Hall–Kier alpha value is -1.14. The van der Waals surface area contributed by atoms with Gasteiger partial charge < -0.3 is 5.32 Å². The van der Waals surface area contributed by atoms with Crippen molar-refractivity contribution >= 4 is 39.2 Å². The Morgan fingerprint density at radius 1 is 1.48 bits per heavy atom. The fraction of sp³-hybridized carbons (Fsp3) is 0.533. The highest BCUT2D eigenvalue weighted by atomic mass is 32.2. The molecule has 0 spiro atoms. The van der Waals surface area contributed by atoms with Gasteiger partial charge in [-0.3, -0.25) is 4.79 Å². The Kier molecular flexibility index (Phi) is 4.45. The second-order valence-corrected chi connectivity index (χ2v) is 7.68. The lowest BCUT2D eigenvalue weighted by molar-refractivity contribution is -0.120. The van der Waals surface area contributed by atoms with Crippen LogP contribution in [0.3, 0.4) is 0 Å². The topological polar surface area (TPSA) is 54.9 Å². The quantitative estimate of drug-likeness (QED) is 0.679. The van der Waals surface area contributed by atoms with Crippen molar-refractivity contribution in [3.05, 3.63) is 16.8 Å². The third-order valence-electron chi connectivity index (χ3n) is 3.67. The third kappa shape index (κ3) is 2.92. The van der Waals surface area contributed by atoms with Gasteiger partial charge in [0.2, 0.25) is 5.91 Å². The molecule has 4 nitrogen and oxygen atoms in total. The van der Waals surface area contributed by atoms with E-state index in [2.05, 4.69) is 22.2 Å². The first-order valence-electron chi connectivity index (χ1n) is 7.40. The molecule has 0 saturated heterocycles. The SMILES string of the molecule is CCCNC(=O)[C@H](C)Sc1ncnc2sc3c(c12)CCC3. The zero-order chi connectivity index (χ0) is 14.8. The van der Waals surface area contributed by atoms with E-state index in [4.69, 9.17) is 0 Å². The second-order valence-electron chi connectivity index (χ2n) is 5.27. The highest BCUT2D eigenvalue weighted by molar-refractivity contribution is 8.00. The summed E-state index contributed by atoms with van der Waals surface area (Å²) in [5.74, 6) is 0.0838. The van der Waals surface area contributed by atoms with Crippen LogP contribution < -0.4 is 5.32 Å². The van der Waals surface area contributed by atoms with Crippen molar-refractivity contribution in [1.82, 2.24) is 15.3 Å². The van der Waals surface area contributed by atoms with Gasteiger partial charge in [-0.15, -0.1) is 11.3 Å². The molecule has 0 aliphatic heterocycles. The van der Waals surface area contributed by atoms with Gasteiger partial charge in [0, 0.05) is 16.8 Å². The molecular formula is C15H19N3OS2. The molecule has 112 valence electrons. The fourth-order valence-electron chi connectivity index (χ4n) is 2.60. The normalized spacial score (nSPS) is 15.1. The number of aromatic nitrogens is 2. The van der Waals surface area contributed by atoms with E-state index in [0.29, 0.717) is 0 Å². The molecule has 21 heavy (non-hydrogen) atoms. The standard InChI is InChI=1S/C15H19N3OS2/c1-3-7-16-13(19)9(2)20-14-12-10-5-4-6-11(10)21-15(12)18-8-17-14/h8-9H,3-7H2,1-2H3,(H,16,19)/t9-/m0/s1. The van der Waals surface area contributed by atoms with Crippen LogP contribution in [0.5, 0.6) is 0 Å². The first-order chi connectivity index (χ1) is 10.2. The van der Waals surface area contributed by atoms with Gasteiger partial charge in [-0.25, -0.2) is 9.97 Å². The number of nitrogens with zero attached hydrogens (tertiary/aromatic N) is 2. The highest BCUT2D eigenvalue weighted by Gasteiger charge is 2.23. The lowest BCUT2D eigenvalue weighted by Gasteiger charge is -2.11. The summed E-state index contributed by atoms with van der Waals surface area (Å²) in [5, 5.41) is 4.96. The van der Waals surface area contributed by atoms with E-state index in [1.54, 1.807) is 29.4 Å². The van der Waals surface area contributed by atoms with E-state index in [-0.39, 0.29) is 11.2 Å². The van der Waals surface area contributed by atoms with Gasteiger partial charge in [0.15, 0.2) is 0 Å². The minimum absolute atomic E-state index is 0.0838. The van der Waals surface area contributed by atoms with Crippen molar-refractivity contribution in [3.8, 4) is 0 Å². The molecule has 0 saturated carbocycles. The minimum Gasteiger partial charge on any atom is -0.355 e. The number of fused-ring (bicyclic) bond motifs is 3. The van der Waals surface area contributed by atoms with Crippen molar-refractivity contribution in [2.24, 2.45) is 0 Å². The monoisotopic (exact) mass is 321 g/mol. The number of hydrogen-bond donors (Lipinski definition) is 1. The predicted molar refractivity (Wildman–Crippen MR) is 88.1 cm³/mol. The Morgan fingerprint density at radius 3 is 3.14 bits per heavy atom. The number of thioether (sulfide) groups is 1. The molecule has 1 aliphatic carbocycles. The van der Waals surface area contributed by atoms with Crippen molar-refractivity contribution < 1.29 is 4.79 Å². The van der Waals surface area contributed by atoms with Crippen LogP contribution >= 0.6 is 23.1 Å². The molecule has 1 N–H and O–H groups in total. The molecule has 2 aromatic rings. The van der Waals surface area contributed by atoms with Crippen molar-refractivity contribution in [3.63, 3.8) is 0 Å². The number of rotatable bonds is 5. The van der Waals surface area contributed by atoms with Gasteiger partial charge in [0.05, 0.1) is 5.25 Å². The lowest BCUT2D eigenvalue weighted by Crippen LogP contribution is -2.31. The Bertz CT molecular complexity index is 668. The summed E-state index contributed by atoms with van der Waals surface area (Å²) in [4.78, 5) is 23.4. The van der Waals surface area contributed by atoms with Gasteiger partial charge in [0.25, 0.3) is 0 Å². The number of hydrogen-bond acceptors (Lipinski definition) is 5. The fourth-order valence-corrected chi connectivity index (χ4v) is 4.87. The predicted octanol–water partition coefficient (Wildman–Crippen LogP) is 3.19. The first kappa shape index (κ1) is 14.8. The maximum atomic E-state index is 12.0. The third-order valence-corrected chi connectivity index (χ3v) is 5.97. The van der Waals surface area contributed by atoms with Crippen LogP contribution in [0.4, 0.5) is 0 Å². The molecule has 0 radical (unpaired) electrons. The van der Waals surface area contributed by atoms with E-state index < -0.39 is 0 Å². The number of carbonyl (C=O) groups is 1. The Labute approximate surface area is 132 Å². The summed E-state index contributed by atoms with van der Waals surface area (Å²) >= 11 is 3.33. The average Bonchev–Trinajstić information content (AvgIpc) is 3.05. The van der Waals surface area contributed by atoms with Gasteiger partial charge in [0.1, 0.15) is 16.2 Å². The van der Waals surface area contributed by atoms with Crippen molar-refractivity contribution in [2.45, 2.75) is 49.8 Å². The molecule has 2 heterocycles. The number of amides is 1. The van der Waals surface area contributed by atoms with E-state index in [9.17, 15) is 4.79 Å². The largest absolute Gasteiger partial charge is 0.355 e. The van der Waals surface area contributed by atoms with Crippen LogP contribution in [0.25, 0.3) is 10.2 Å². The number of thiophene rings is 1. The molecule has 0 bridgehead atoms. The molecule has 2 aromatic heterocycles. The second kappa shape index (κ2) is 6.32. The van der Waals surface area contributed by atoms with E-state index in [1.807, 2.05) is 6.92 Å². The van der Waals surface area contributed by atoms with E-state index in [1.165, 1.54) is 22.2 Å². The van der Waals surface area contributed by atoms with Gasteiger partial charge in [-0.1, -0.05) is 18.7 Å². The van der Waals surface area contributed by atoms with Crippen LogP contribution in [0, 0.1) is 0 Å². The summed E-state index contributed by atoms with van der Waals surface area (Å²) in [6.07, 6.45) is 6.08. The van der Waals surface area contributed by atoms with Crippen LogP contribution in [-0.2, 0) is 17.6 Å². The summed E-state index contributed by atoms with van der Waals surface area (Å²) in [7, 11) is 0. The maximum absolute atomic E-state index is 12.0. The number of carbonyl (C=O) groups excluding carboxylic acids is 1. The minimum atomic E-state index is -0.133. The van der Waals surface area contributed by atoms with Crippen molar-refractivity contribution in [1.29, 1.82) is 0 Å². The van der Waals surface area contributed by atoms with E-state index in [0.717, 1.165) is 35.7 Å². The molecule has 0 aromatic carbocycles. The average molecular weight is 321 g/mol. The molecule has 1 amide bonds. The summed E-state index contributed by atoms with van der Waals surface area (Å²) in [6.45, 7) is 4.73. The molecule has 3 rings (SSSR count). The summed E-state index contributed by atoms with van der Waals surface area (Å²) in [5.41, 5.74) is 1.42.